The fourth-order valence-corrected chi connectivity index (χ4v) is 4.66. The van der Waals surface area contributed by atoms with Crippen LogP contribution in [0.5, 0.6) is 11.5 Å². The lowest BCUT2D eigenvalue weighted by Gasteiger charge is -2.18. The van der Waals surface area contributed by atoms with Gasteiger partial charge in [0.05, 0.1) is 19.8 Å². The van der Waals surface area contributed by atoms with Crippen molar-refractivity contribution in [2.75, 3.05) is 19.5 Å². The minimum absolute atomic E-state index is 0.319. The molecule has 1 heterocycles. The van der Waals surface area contributed by atoms with Gasteiger partial charge < -0.3 is 20.5 Å². The number of primary amides is 1. The van der Waals surface area contributed by atoms with Gasteiger partial charge >= 0.3 is 0 Å². The zero-order valence-corrected chi connectivity index (χ0v) is 15.9. The van der Waals surface area contributed by atoms with E-state index in [9.17, 15) is 9.59 Å². The van der Waals surface area contributed by atoms with Crippen LogP contribution in [0.3, 0.4) is 0 Å². The summed E-state index contributed by atoms with van der Waals surface area (Å²) in [6.45, 7) is 2.19. The van der Waals surface area contributed by atoms with Crippen molar-refractivity contribution in [3.8, 4) is 11.5 Å². The van der Waals surface area contributed by atoms with Gasteiger partial charge in [0.25, 0.3) is 11.8 Å². The second-order valence-electron chi connectivity index (χ2n) is 6.44. The smallest absolute Gasteiger partial charge is 0.256 e. The van der Waals surface area contributed by atoms with Gasteiger partial charge in [0.1, 0.15) is 5.00 Å². The van der Waals surface area contributed by atoms with E-state index < -0.39 is 5.91 Å². The maximum Gasteiger partial charge on any atom is 0.256 e. The highest BCUT2D eigenvalue weighted by Gasteiger charge is 2.27. The average Bonchev–Trinajstić information content (AvgIpc) is 2.97. The van der Waals surface area contributed by atoms with E-state index in [-0.39, 0.29) is 5.91 Å². The number of nitrogens with two attached hydrogens (primary N) is 1. The Balaban J connectivity index is 1.91. The van der Waals surface area contributed by atoms with Gasteiger partial charge in [0.2, 0.25) is 0 Å². The van der Waals surface area contributed by atoms with Crippen molar-refractivity contribution in [3.63, 3.8) is 0 Å². The first-order valence-electron chi connectivity index (χ1n) is 8.42. The number of amides is 2. The minimum atomic E-state index is -0.500. The highest BCUT2D eigenvalue weighted by Crippen LogP contribution is 2.39. The van der Waals surface area contributed by atoms with Crippen molar-refractivity contribution in [2.24, 2.45) is 11.7 Å². The summed E-state index contributed by atoms with van der Waals surface area (Å²) in [5.74, 6) is 0.757. The van der Waals surface area contributed by atoms with Crippen LogP contribution in [0.15, 0.2) is 18.2 Å². The van der Waals surface area contributed by atoms with Crippen molar-refractivity contribution in [3.05, 3.63) is 39.8 Å². The number of hydrogen-bond donors (Lipinski definition) is 2. The van der Waals surface area contributed by atoms with Gasteiger partial charge in [-0.1, -0.05) is 6.92 Å². The molecule has 0 saturated carbocycles. The number of rotatable bonds is 5. The fraction of sp³-hybridized carbons (Fsp3) is 0.368. The third-order valence-electron chi connectivity index (χ3n) is 4.63. The predicted molar refractivity (Wildman–Crippen MR) is 102 cm³/mol. The number of hydrogen-bond acceptors (Lipinski definition) is 5. The van der Waals surface area contributed by atoms with Crippen molar-refractivity contribution in [1.29, 1.82) is 0 Å². The van der Waals surface area contributed by atoms with E-state index in [0.717, 1.165) is 29.7 Å². The van der Waals surface area contributed by atoms with Crippen molar-refractivity contribution in [1.82, 2.24) is 0 Å². The molecule has 0 fully saturated rings. The third-order valence-corrected chi connectivity index (χ3v) is 5.80. The Labute approximate surface area is 156 Å². The van der Waals surface area contributed by atoms with Crippen molar-refractivity contribution < 1.29 is 19.1 Å². The first kappa shape index (κ1) is 18.3. The molecule has 1 aliphatic carbocycles. The number of methoxy groups -OCH3 is 2. The molecule has 3 N–H and O–H groups in total. The monoisotopic (exact) mass is 374 g/mol. The molecule has 0 spiro atoms. The summed E-state index contributed by atoms with van der Waals surface area (Å²) in [5.41, 5.74) is 7.45. The Morgan fingerprint density at radius 2 is 1.96 bits per heavy atom. The van der Waals surface area contributed by atoms with Crippen molar-refractivity contribution >= 4 is 28.2 Å². The van der Waals surface area contributed by atoms with E-state index in [1.807, 2.05) is 0 Å². The molecule has 0 radical (unpaired) electrons. The molecular weight excluding hydrogens is 352 g/mol. The predicted octanol–water partition coefficient (Wildman–Crippen LogP) is 3.24. The van der Waals surface area contributed by atoms with E-state index in [1.165, 1.54) is 25.6 Å². The van der Waals surface area contributed by atoms with Gasteiger partial charge in [-0.3, -0.25) is 9.59 Å². The lowest BCUT2D eigenvalue weighted by molar-refractivity contribution is 0.1000. The van der Waals surface area contributed by atoms with Crippen LogP contribution in [0.25, 0.3) is 0 Å². The van der Waals surface area contributed by atoms with Crippen LogP contribution in [0.1, 0.15) is 44.5 Å². The molecule has 6 nitrogen and oxygen atoms in total. The number of ether oxygens (including phenoxy) is 2. The lowest BCUT2D eigenvalue weighted by Crippen LogP contribution is -2.19. The van der Waals surface area contributed by atoms with Crippen LogP contribution < -0.4 is 20.5 Å². The van der Waals surface area contributed by atoms with Gasteiger partial charge in [-0.25, -0.2) is 0 Å². The standard InChI is InChI=1S/C19H22N2O4S/c1-10-4-6-12-15(8-10)26-19(16(12)17(20)22)21-18(23)11-5-7-13(24-2)14(9-11)25-3/h5,7,9-10H,4,6,8H2,1-3H3,(H2,20,22)(H,21,23)/t10-/m1/s1. The van der Waals surface area contributed by atoms with Gasteiger partial charge in [0.15, 0.2) is 11.5 Å². The Morgan fingerprint density at radius 3 is 2.62 bits per heavy atom. The zero-order chi connectivity index (χ0) is 18.8. The minimum Gasteiger partial charge on any atom is -0.493 e. The molecule has 2 aromatic rings. The van der Waals surface area contributed by atoms with Crippen molar-refractivity contribution in [2.45, 2.75) is 26.2 Å². The highest BCUT2D eigenvalue weighted by atomic mass is 32.1. The SMILES string of the molecule is COc1ccc(C(=O)Nc2sc3c(c2C(N)=O)CC[C@@H](C)C3)cc1OC. The second kappa shape index (κ2) is 7.37. The summed E-state index contributed by atoms with van der Waals surface area (Å²) in [4.78, 5) is 25.8. The molecule has 0 bridgehead atoms. The Hall–Kier alpha value is -2.54. The molecule has 2 amide bonds. The van der Waals surface area contributed by atoms with Crippen LogP contribution >= 0.6 is 11.3 Å². The highest BCUT2D eigenvalue weighted by molar-refractivity contribution is 7.17. The molecule has 1 aromatic heterocycles. The number of carbonyl (C=O) groups is 2. The number of nitrogens with one attached hydrogen (secondary N) is 1. The molecule has 26 heavy (non-hydrogen) atoms. The molecule has 138 valence electrons. The molecule has 7 heteroatoms. The fourth-order valence-electron chi connectivity index (χ4n) is 3.25. The van der Waals surface area contributed by atoms with E-state index in [4.69, 9.17) is 15.2 Å². The van der Waals surface area contributed by atoms with E-state index in [0.29, 0.717) is 33.5 Å². The summed E-state index contributed by atoms with van der Waals surface area (Å²) in [6.07, 6.45) is 2.75. The second-order valence-corrected chi connectivity index (χ2v) is 7.55. The van der Waals surface area contributed by atoms with Crippen LogP contribution in [0.2, 0.25) is 0 Å². The summed E-state index contributed by atoms with van der Waals surface area (Å²) in [6, 6.07) is 4.92. The average molecular weight is 374 g/mol. The largest absolute Gasteiger partial charge is 0.493 e. The van der Waals surface area contributed by atoms with Crippen LogP contribution in [0, 0.1) is 5.92 Å². The molecular formula is C19H22N2O4S. The summed E-state index contributed by atoms with van der Waals surface area (Å²) >= 11 is 1.45. The molecule has 0 aliphatic heterocycles. The Bertz CT molecular complexity index is 859. The summed E-state index contributed by atoms with van der Waals surface area (Å²) in [7, 11) is 3.05. The van der Waals surface area contributed by atoms with Crippen LogP contribution in [-0.2, 0) is 12.8 Å². The Kier molecular flexibility index (Phi) is 5.18. The van der Waals surface area contributed by atoms with Gasteiger partial charge in [0, 0.05) is 10.4 Å². The number of fused-ring (bicyclic) bond motifs is 1. The summed E-state index contributed by atoms with van der Waals surface area (Å²) in [5, 5.41) is 3.38. The summed E-state index contributed by atoms with van der Waals surface area (Å²) < 4.78 is 10.4. The lowest BCUT2D eigenvalue weighted by atomic mass is 9.88. The molecule has 1 aromatic carbocycles. The van der Waals surface area contributed by atoms with Crippen LogP contribution in [0.4, 0.5) is 5.00 Å². The first-order chi connectivity index (χ1) is 12.4. The zero-order valence-electron chi connectivity index (χ0n) is 15.0. The third kappa shape index (κ3) is 3.39. The quantitative estimate of drug-likeness (QED) is 0.840. The van der Waals surface area contributed by atoms with Gasteiger partial charge in [-0.15, -0.1) is 11.3 Å². The van der Waals surface area contributed by atoms with E-state index in [2.05, 4.69) is 12.2 Å². The number of benzene rings is 1. The molecule has 0 saturated heterocycles. The molecule has 1 aliphatic rings. The number of anilines is 1. The molecule has 3 rings (SSSR count). The number of thiophene rings is 1. The van der Waals surface area contributed by atoms with Crippen LogP contribution in [-0.4, -0.2) is 26.0 Å². The van der Waals surface area contributed by atoms with E-state index >= 15 is 0 Å². The topological polar surface area (TPSA) is 90.6 Å². The Morgan fingerprint density at radius 1 is 1.23 bits per heavy atom. The first-order valence-corrected chi connectivity index (χ1v) is 9.24. The van der Waals surface area contributed by atoms with Gasteiger partial charge in [-0.05, 0) is 48.9 Å². The maximum absolute atomic E-state index is 12.7. The number of carbonyl (C=O) groups excluding carboxylic acids is 2. The molecule has 0 unspecified atom stereocenters. The normalized spacial score (nSPS) is 15.9. The van der Waals surface area contributed by atoms with E-state index in [1.54, 1.807) is 18.2 Å². The van der Waals surface area contributed by atoms with Gasteiger partial charge in [-0.2, -0.15) is 0 Å². The maximum atomic E-state index is 12.7. The molecule has 1 atom stereocenters.